The number of hydrogen-bond acceptors (Lipinski definition) is 3. The molecule has 92 valence electrons. The van der Waals surface area contributed by atoms with Gasteiger partial charge in [-0.1, -0.05) is 23.2 Å². The van der Waals surface area contributed by atoms with E-state index in [-0.39, 0.29) is 11.4 Å². The molecule has 0 N–H and O–H groups in total. The monoisotopic (exact) mass is 282 g/mol. The number of halogens is 2. The molecule has 0 saturated heterocycles. The molecule has 0 aliphatic rings. The lowest BCUT2D eigenvalue weighted by atomic mass is 10.1. The first kappa shape index (κ1) is 12.8. The van der Waals surface area contributed by atoms with Crippen LogP contribution in [0.5, 0.6) is 0 Å². The van der Waals surface area contributed by atoms with E-state index < -0.39 is 4.92 Å². The van der Waals surface area contributed by atoms with Crippen LogP contribution in [-0.2, 0) is 0 Å². The van der Waals surface area contributed by atoms with Gasteiger partial charge in [0.25, 0.3) is 5.69 Å². The van der Waals surface area contributed by atoms with Crippen LogP contribution >= 0.6 is 23.2 Å². The summed E-state index contributed by atoms with van der Waals surface area (Å²) in [5.74, 6) is 0. The SMILES string of the molecule is Cc1ccnc(-c2cc(Cl)ccc2Cl)c1[N+](=O)[O-]. The topological polar surface area (TPSA) is 56.0 Å². The van der Waals surface area contributed by atoms with Gasteiger partial charge in [0.05, 0.1) is 9.95 Å². The largest absolute Gasteiger partial charge is 0.298 e. The molecule has 1 heterocycles. The maximum absolute atomic E-state index is 11.1. The number of aryl methyl sites for hydroxylation is 1. The van der Waals surface area contributed by atoms with E-state index in [4.69, 9.17) is 23.2 Å². The summed E-state index contributed by atoms with van der Waals surface area (Å²) >= 11 is 11.9. The van der Waals surface area contributed by atoms with Gasteiger partial charge in [0.2, 0.25) is 0 Å². The molecule has 0 amide bonds. The van der Waals surface area contributed by atoms with E-state index in [1.54, 1.807) is 31.2 Å². The molecule has 0 atom stereocenters. The van der Waals surface area contributed by atoms with Gasteiger partial charge in [-0.3, -0.25) is 10.1 Å². The van der Waals surface area contributed by atoms with Crippen LogP contribution in [0.1, 0.15) is 5.56 Å². The lowest BCUT2D eigenvalue weighted by Crippen LogP contribution is -1.97. The molecule has 2 aromatic rings. The fourth-order valence-corrected chi connectivity index (χ4v) is 2.04. The Bertz CT molecular complexity index is 629. The Kier molecular flexibility index (Phi) is 3.50. The third-order valence-electron chi connectivity index (χ3n) is 2.49. The van der Waals surface area contributed by atoms with Crippen molar-refractivity contribution >= 4 is 28.9 Å². The number of pyridine rings is 1. The lowest BCUT2D eigenvalue weighted by molar-refractivity contribution is -0.384. The molecule has 0 aliphatic heterocycles. The standard InChI is InChI=1S/C12H8Cl2N2O2/c1-7-4-5-15-11(12(7)16(17)18)9-6-8(13)2-3-10(9)14/h2-6H,1H3. The number of benzene rings is 1. The second-order valence-corrected chi connectivity index (χ2v) is 4.55. The number of aromatic nitrogens is 1. The minimum absolute atomic E-state index is 0.0540. The van der Waals surface area contributed by atoms with Crippen LogP contribution in [0.25, 0.3) is 11.3 Å². The molecule has 0 fully saturated rings. The van der Waals surface area contributed by atoms with E-state index in [1.165, 1.54) is 6.20 Å². The zero-order valence-corrected chi connectivity index (χ0v) is 10.9. The van der Waals surface area contributed by atoms with Crippen molar-refractivity contribution in [3.05, 3.63) is 56.2 Å². The van der Waals surface area contributed by atoms with Gasteiger partial charge in [-0.15, -0.1) is 0 Å². The molecule has 0 aliphatic carbocycles. The van der Waals surface area contributed by atoms with Crippen molar-refractivity contribution in [2.45, 2.75) is 6.92 Å². The van der Waals surface area contributed by atoms with Crippen molar-refractivity contribution in [2.24, 2.45) is 0 Å². The maximum Gasteiger partial charge on any atom is 0.298 e. The average molecular weight is 283 g/mol. The van der Waals surface area contributed by atoms with Crippen LogP contribution in [0.2, 0.25) is 10.0 Å². The summed E-state index contributed by atoms with van der Waals surface area (Å²) in [6, 6.07) is 6.36. The Hall–Kier alpha value is -1.65. The molecule has 0 spiro atoms. The molecule has 6 heteroatoms. The molecule has 1 aromatic carbocycles. The van der Waals surface area contributed by atoms with Gasteiger partial charge in [0.1, 0.15) is 5.69 Å². The van der Waals surface area contributed by atoms with Gasteiger partial charge < -0.3 is 0 Å². The minimum Gasteiger partial charge on any atom is -0.258 e. The van der Waals surface area contributed by atoms with E-state index in [0.29, 0.717) is 21.2 Å². The zero-order chi connectivity index (χ0) is 13.3. The molecule has 4 nitrogen and oxygen atoms in total. The number of nitro groups is 1. The molecule has 0 saturated carbocycles. The fraction of sp³-hybridized carbons (Fsp3) is 0.0833. The van der Waals surface area contributed by atoms with E-state index in [2.05, 4.69) is 4.98 Å². The van der Waals surface area contributed by atoms with Gasteiger partial charge in [0, 0.05) is 22.3 Å². The first-order valence-electron chi connectivity index (χ1n) is 5.06. The van der Waals surface area contributed by atoms with Crippen molar-refractivity contribution in [3.63, 3.8) is 0 Å². The van der Waals surface area contributed by atoms with Gasteiger partial charge in [-0.2, -0.15) is 0 Å². The smallest absolute Gasteiger partial charge is 0.258 e. The zero-order valence-electron chi connectivity index (χ0n) is 9.35. The molecule has 0 bridgehead atoms. The third kappa shape index (κ3) is 2.30. The summed E-state index contributed by atoms with van der Waals surface area (Å²) in [6.45, 7) is 1.65. The molecular formula is C12H8Cl2N2O2. The fourth-order valence-electron chi connectivity index (χ4n) is 1.66. The van der Waals surface area contributed by atoms with Gasteiger partial charge >= 0.3 is 0 Å². The van der Waals surface area contributed by atoms with Crippen LogP contribution in [0.4, 0.5) is 5.69 Å². The summed E-state index contributed by atoms with van der Waals surface area (Å²) in [7, 11) is 0. The van der Waals surface area contributed by atoms with Crippen LogP contribution < -0.4 is 0 Å². The first-order valence-corrected chi connectivity index (χ1v) is 5.81. The number of rotatable bonds is 2. The predicted octanol–water partition coefficient (Wildman–Crippen LogP) is 4.27. The second-order valence-electron chi connectivity index (χ2n) is 3.71. The van der Waals surface area contributed by atoms with Crippen molar-refractivity contribution in [2.75, 3.05) is 0 Å². The molecule has 2 rings (SSSR count). The van der Waals surface area contributed by atoms with Gasteiger partial charge in [-0.25, -0.2) is 4.98 Å². The summed E-state index contributed by atoms with van der Waals surface area (Å²) in [6.07, 6.45) is 1.51. The number of nitrogens with zero attached hydrogens (tertiary/aromatic N) is 2. The first-order chi connectivity index (χ1) is 8.50. The Morgan fingerprint density at radius 3 is 2.67 bits per heavy atom. The van der Waals surface area contributed by atoms with E-state index in [1.807, 2.05) is 0 Å². The van der Waals surface area contributed by atoms with Gasteiger partial charge in [-0.05, 0) is 31.2 Å². The highest BCUT2D eigenvalue weighted by atomic mass is 35.5. The second kappa shape index (κ2) is 4.92. The van der Waals surface area contributed by atoms with Crippen molar-refractivity contribution in [1.29, 1.82) is 0 Å². The highest BCUT2D eigenvalue weighted by molar-refractivity contribution is 6.35. The number of hydrogen-bond donors (Lipinski definition) is 0. The Labute approximate surface area is 113 Å². The van der Waals surface area contributed by atoms with Crippen LogP contribution in [0.15, 0.2) is 30.5 Å². The molecule has 18 heavy (non-hydrogen) atoms. The Morgan fingerprint density at radius 1 is 1.28 bits per heavy atom. The summed E-state index contributed by atoms with van der Waals surface area (Å²) < 4.78 is 0. The molecule has 0 unspecified atom stereocenters. The van der Waals surface area contributed by atoms with E-state index in [9.17, 15) is 10.1 Å². The predicted molar refractivity (Wildman–Crippen MR) is 71.1 cm³/mol. The van der Waals surface area contributed by atoms with Crippen LogP contribution in [-0.4, -0.2) is 9.91 Å². The summed E-state index contributed by atoms with van der Waals surface area (Å²) in [5, 5.41) is 11.9. The summed E-state index contributed by atoms with van der Waals surface area (Å²) in [4.78, 5) is 14.7. The average Bonchev–Trinajstić information content (AvgIpc) is 2.31. The Morgan fingerprint density at radius 2 is 2.00 bits per heavy atom. The van der Waals surface area contributed by atoms with E-state index in [0.717, 1.165) is 0 Å². The highest BCUT2D eigenvalue weighted by Gasteiger charge is 2.21. The Balaban J connectivity index is 2.75. The minimum atomic E-state index is -0.463. The van der Waals surface area contributed by atoms with Crippen molar-refractivity contribution in [3.8, 4) is 11.3 Å². The van der Waals surface area contributed by atoms with Gasteiger partial charge in [0.15, 0.2) is 0 Å². The highest BCUT2D eigenvalue weighted by Crippen LogP contribution is 2.36. The summed E-state index contributed by atoms with van der Waals surface area (Å²) in [5.41, 5.74) is 1.16. The molecular weight excluding hydrogens is 275 g/mol. The maximum atomic E-state index is 11.1. The quantitative estimate of drug-likeness (QED) is 0.610. The molecule has 1 aromatic heterocycles. The molecule has 0 radical (unpaired) electrons. The van der Waals surface area contributed by atoms with Crippen molar-refractivity contribution < 1.29 is 4.92 Å². The third-order valence-corrected chi connectivity index (χ3v) is 3.06. The normalized spacial score (nSPS) is 10.4. The van der Waals surface area contributed by atoms with Crippen LogP contribution in [0, 0.1) is 17.0 Å². The van der Waals surface area contributed by atoms with Crippen LogP contribution in [0.3, 0.4) is 0 Å². The van der Waals surface area contributed by atoms with Crippen molar-refractivity contribution in [1.82, 2.24) is 4.98 Å². The van der Waals surface area contributed by atoms with E-state index >= 15 is 0 Å². The lowest BCUT2D eigenvalue weighted by Gasteiger charge is -2.06.